The van der Waals surface area contributed by atoms with Crippen LogP contribution >= 0.6 is 11.6 Å². The van der Waals surface area contributed by atoms with Crippen molar-refractivity contribution in [3.8, 4) is 0 Å². The molecular formula is C19H19ClF2N2O. The van der Waals surface area contributed by atoms with Gasteiger partial charge in [0.1, 0.15) is 5.69 Å². The number of amides is 1. The quantitative estimate of drug-likeness (QED) is 0.700. The first-order valence-corrected chi connectivity index (χ1v) is 8.17. The Bertz CT molecular complexity index is 768. The maximum atomic E-state index is 13.1. The number of alkyl halides is 2. The van der Waals surface area contributed by atoms with E-state index < -0.39 is 5.92 Å². The number of rotatable bonds is 6. The van der Waals surface area contributed by atoms with Crippen molar-refractivity contribution in [1.29, 1.82) is 0 Å². The number of pyridine rings is 1. The van der Waals surface area contributed by atoms with Gasteiger partial charge in [-0.1, -0.05) is 41.4 Å². The zero-order valence-corrected chi connectivity index (χ0v) is 14.8. The number of carbonyl (C=O) groups excluding carboxylic acids is 1. The molecule has 0 saturated carbocycles. The first-order valence-electron chi connectivity index (χ1n) is 7.79. The molecule has 1 heterocycles. The van der Waals surface area contributed by atoms with Crippen LogP contribution in [0.3, 0.4) is 0 Å². The number of hydrogen-bond donors (Lipinski definition) is 1. The summed E-state index contributed by atoms with van der Waals surface area (Å²) in [4.78, 5) is 15.7. The Kier molecular flexibility index (Phi) is 6.26. The van der Waals surface area contributed by atoms with Gasteiger partial charge in [0.15, 0.2) is 0 Å². The van der Waals surface area contributed by atoms with Crippen LogP contribution in [0.4, 0.5) is 14.5 Å². The molecule has 0 atom stereocenters. The fraction of sp³-hybridized carbons (Fsp3) is 0.263. The second-order valence-electron chi connectivity index (χ2n) is 5.89. The predicted octanol–water partition coefficient (Wildman–Crippen LogP) is 5.36. The SMILES string of the molecule is C/C(=C/Cc1ccccc1Cl)CC(=O)Nc1ccc(C(C)(F)F)nc1. The third-order valence-electron chi connectivity index (χ3n) is 3.56. The predicted molar refractivity (Wildman–Crippen MR) is 96.0 cm³/mol. The summed E-state index contributed by atoms with van der Waals surface area (Å²) >= 11 is 6.10. The number of anilines is 1. The Morgan fingerprint density at radius 3 is 2.60 bits per heavy atom. The van der Waals surface area contributed by atoms with Crippen LogP contribution in [-0.2, 0) is 17.1 Å². The number of nitrogens with zero attached hydrogens (tertiary/aromatic N) is 1. The van der Waals surface area contributed by atoms with Crippen LogP contribution < -0.4 is 5.32 Å². The third-order valence-corrected chi connectivity index (χ3v) is 3.93. The van der Waals surface area contributed by atoms with Crippen LogP contribution in [0, 0.1) is 0 Å². The van der Waals surface area contributed by atoms with Gasteiger partial charge in [-0.25, -0.2) is 0 Å². The molecule has 0 spiro atoms. The van der Waals surface area contributed by atoms with E-state index in [-0.39, 0.29) is 18.0 Å². The molecular weight excluding hydrogens is 346 g/mol. The van der Waals surface area contributed by atoms with Gasteiger partial charge in [-0.05, 0) is 37.1 Å². The van der Waals surface area contributed by atoms with Gasteiger partial charge in [-0.2, -0.15) is 8.78 Å². The van der Waals surface area contributed by atoms with Crippen LogP contribution in [-0.4, -0.2) is 10.9 Å². The molecule has 1 aromatic heterocycles. The Hall–Kier alpha value is -2.27. The first kappa shape index (κ1) is 19.1. The maximum absolute atomic E-state index is 13.1. The fourth-order valence-electron chi connectivity index (χ4n) is 2.21. The van der Waals surface area contributed by atoms with Gasteiger partial charge in [-0.15, -0.1) is 0 Å². The van der Waals surface area contributed by atoms with Crippen LogP contribution in [0.25, 0.3) is 0 Å². The Labute approximate surface area is 150 Å². The number of halogens is 3. The molecule has 0 saturated heterocycles. The summed E-state index contributed by atoms with van der Waals surface area (Å²) in [5.41, 5.74) is 1.93. The van der Waals surface area contributed by atoms with Crippen molar-refractivity contribution in [2.75, 3.05) is 5.32 Å². The molecule has 0 aliphatic rings. The van der Waals surface area contributed by atoms with Crippen molar-refractivity contribution in [2.24, 2.45) is 0 Å². The Morgan fingerprint density at radius 2 is 2.00 bits per heavy atom. The lowest BCUT2D eigenvalue weighted by molar-refractivity contribution is -0.115. The zero-order chi connectivity index (χ0) is 18.4. The highest BCUT2D eigenvalue weighted by Gasteiger charge is 2.25. The summed E-state index contributed by atoms with van der Waals surface area (Å²) in [5, 5.41) is 3.34. The van der Waals surface area contributed by atoms with Crippen molar-refractivity contribution >= 4 is 23.2 Å². The molecule has 3 nitrogen and oxygen atoms in total. The monoisotopic (exact) mass is 364 g/mol. The van der Waals surface area contributed by atoms with Crippen molar-refractivity contribution < 1.29 is 13.6 Å². The summed E-state index contributed by atoms with van der Waals surface area (Å²) < 4.78 is 26.2. The minimum atomic E-state index is -3.00. The van der Waals surface area contributed by atoms with Crippen molar-refractivity contribution in [1.82, 2.24) is 4.98 Å². The molecule has 0 aliphatic heterocycles. The lowest BCUT2D eigenvalue weighted by Gasteiger charge is -2.10. The van der Waals surface area contributed by atoms with Gasteiger partial charge >= 0.3 is 0 Å². The number of aromatic nitrogens is 1. The second-order valence-corrected chi connectivity index (χ2v) is 6.30. The molecule has 0 bridgehead atoms. The highest BCUT2D eigenvalue weighted by Crippen LogP contribution is 2.25. The molecule has 1 amide bonds. The van der Waals surface area contributed by atoms with E-state index in [2.05, 4.69) is 10.3 Å². The summed E-state index contributed by atoms with van der Waals surface area (Å²) in [7, 11) is 0. The van der Waals surface area contributed by atoms with E-state index in [9.17, 15) is 13.6 Å². The number of benzene rings is 1. The normalized spacial score (nSPS) is 12.1. The average molecular weight is 365 g/mol. The third kappa shape index (κ3) is 5.94. The smallest absolute Gasteiger partial charge is 0.286 e. The maximum Gasteiger partial charge on any atom is 0.286 e. The van der Waals surface area contributed by atoms with Gasteiger partial charge in [-0.3, -0.25) is 9.78 Å². The fourth-order valence-corrected chi connectivity index (χ4v) is 2.42. The molecule has 0 fully saturated rings. The van der Waals surface area contributed by atoms with E-state index >= 15 is 0 Å². The van der Waals surface area contributed by atoms with E-state index in [0.29, 0.717) is 17.1 Å². The van der Waals surface area contributed by atoms with E-state index in [1.165, 1.54) is 18.3 Å². The van der Waals surface area contributed by atoms with Crippen molar-refractivity contribution in [3.05, 3.63) is 70.5 Å². The number of allylic oxidation sites excluding steroid dienone is 1. The summed E-state index contributed by atoms with van der Waals surface area (Å²) in [6.07, 6.45) is 4.02. The zero-order valence-electron chi connectivity index (χ0n) is 14.0. The Morgan fingerprint density at radius 1 is 1.28 bits per heavy atom. The summed E-state index contributed by atoms with van der Waals surface area (Å²) in [6, 6.07) is 10.2. The molecule has 0 aliphatic carbocycles. The van der Waals surface area contributed by atoms with Gasteiger partial charge < -0.3 is 5.32 Å². The number of nitrogens with one attached hydrogen (secondary N) is 1. The molecule has 0 unspecified atom stereocenters. The molecule has 132 valence electrons. The molecule has 25 heavy (non-hydrogen) atoms. The van der Waals surface area contributed by atoms with Crippen molar-refractivity contribution in [3.63, 3.8) is 0 Å². The molecule has 0 radical (unpaired) electrons. The lowest BCUT2D eigenvalue weighted by Crippen LogP contribution is -2.13. The first-order chi connectivity index (χ1) is 11.8. The van der Waals surface area contributed by atoms with Crippen LogP contribution in [0.15, 0.2) is 54.2 Å². The molecule has 6 heteroatoms. The van der Waals surface area contributed by atoms with E-state index in [0.717, 1.165) is 18.1 Å². The van der Waals surface area contributed by atoms with Gasteiger partial charge in [0.05, 0.1) is 11.9 Å². The average Bonchev–Trinajstić information content (AvgIpc) is 2.53. The highest BCUT2D eigenvalue weighted by molar-refractivity contribution is 6.31. The standard InChI is InChI=1S/C19H19ClF2N2O/c1-13(7-8-14-5-3-4-6-16(14)20)11-18(25)24-15-9-10-17(23-12-15)19(2,21)22/h3-7,9-10,12H,8,11H2,1-2H3,(H,24,25)/b13-7-. The molecule has 1 aromatic carbocycles. The van der Waals surface area contributed by atoms with Crippen LogP contribution in [0.2, 0.25) is 5.02 Å². The summed E-state index contributed by atoms with van der Waals surface area (Å²) in [5.74, 6) is -3.23. The topological polar surface area (TPSA) is 42.0 Å². The largest absolute Gasteiger partial charge is 0.324 e. The molecule has 2 aromatic rings. The van der Waals surface area contributed by atoms with Gasteiger partial charge in [0, 0.05) is 18.4 Å². The Balaban J connectivity index is 1.91. The van der Waals surface area contributed by atoms with Gasteiger partial charge in [0.2, 0.25) is 5.91 Å². The minimum absolute atomic E-state index is 0.205. The minimum Gasteiger partial charge on any atom is -0.324 e. The second kappa shape index (κ2) is 8.21. The molecule has 1 N–H and O–H groups in total. The van der Waals surface area contributed by atoms with Crippen LogP contribution in [0.1, 0.15) is 31.5 Å². The number of carbonyl (C=O) groups is 1. The van der Waals surface area contributed by atoms with Crippen molar-refractivity contribution in [2.45, 2.75) is 32.6 Å². The number of hydrogen-bond acceptors (Lipinski definition) is 2. The molecule has 2 rings (SSSR count). The lowest BCUT2D eigenvalue weighted by atomic mass is 10.1. The van der Waals surface area contributed by atoms with Crippen LogP contribution in [0.5, 0.6) is 0 Å². The van der Waals surface area contributed by atoms with E-state index in [1.807, 2.05) is 37.3 Å². The van der Waals surface area contributed by atoms with Gasteiger partial charge in [0.25, 0.3) is 5.92 Å². The highest BCUT2D eigenvalue weighted by atomic mass is 35.5. The van der Waals surface area contributed by atoms with E-state index in [1.54, 1.807) is 0 Å². The summed E-state index contributed by atoms with van der Waals surface area (Å²) in [6.45, 7) is 2.64. The van der Waals surface area contributed by atoms with E-state index in [4.69, 9.17) is 11.6 Å².